The van der Waals surface area contributed by atoms with E-state index in [1.54, 1.807) is 36.4 Å². The average molecular weight is 458 g/mol. The molecule has 0 radical (unpaired) electrons. The van der Waals surface area contributed by atoms with E-state index in [9.17, 15) is 17.6 Å². The van der Waals surface area contributed by atoms with Crippen molar-refractivity contribution < 1.29 is 27.1 Å². The topological polar surface area (TPSA) is 96.6 Å². The maximum absolute atomic E-state index is 13.9. The number of halogens is 1. The second kappa shape index (κ2) is 8.44. The third kappa shape index (κ3) is 4.73. The molecule has 31 heavy (non-hydrogen) atoms. The third-order valence-electron chi connectivity index (χ3n) is 4.45. The number of hydrogen-bond acceptors (Lipinski definition) is 5. The summed E-state index contributed by atoms with van der Waals surface area (Å²) in [4.78, 5) is 11.5. The number of fused-ring (bicyclic) bond motifs is 1. The Morgan fingerprint density at radius 2 is 1.77 bits per heavy atom. The van der Waals surface area contributed by atoms with Gasteiger partial charge in [0.2, 0.25) is 5.09 Å². The molecule has 158 valence electrons. The summed E-state index contributed by atoms with van der Waals surface area (Å²) in [5.74, 6) is -1.16. The van der Waals surface area contributed by atoms with Crippen LogP contribution in [0.25, 0.3) is 11.0 Å². The first-order valence-corrected chi connectivity index (χ1v) is 11.5. The Labute approximate surface area is 181 Å². The number of carboxylic acid groups (broad SMARTS) is 1. The van der Waals surface area contributed by atoms with Gasteiger partial charge in [-0.1, -0.05) is 30.3 Å². The minimum absolute atomic E-state index is 0.0904. The number of hydrogen-bond donors (Lipinski definition) is 2. The molecule has 1 aromatic heterocycles. The predicted molar refractivity (Wildman–Crippen MR) is 116 cm³/mol. The van der Waals surface area contributed by atoms with Crippen LogP contribution in [0, 0.1) is 5.82 Å². The van der Waals surface area contributed by atoms with Crippen molar-refractivity contribution in [1.29, 1.82) is 0 Å². The number of sulfonamides is 1. The molecule has 0 aliphatic heterocycles. The Hall–Kier alpha value is -3.30. The number of benzene rings is 3. The molecule has 0 aliphatic carbocycles. The normalized spacial score (nSPS) is 11.5. The lowest BCUT2D eigenvalue weighted by molar-refractivity contribution is 0.0697. The van der Waals surface area contributed by atoms with Crippen molar-refractivity contribution in [3.8, 4) is 0 Å². The van der Waals surface area contributed by atoms with Crippen LogP contribution in [0.4, 0.5) is 10.1 Å². The van der Waals surface area contributed by atoms with Gasteiger partial charge in [0.1, 0.15) is 11.4 Å². The van der Waals surface area contributed by atoms with Gasteiger partial charge in [0.25, 0.3) is 10.0 Å². The zero-order chi connectivity index (χ0) is 22.0. The number of thioether (sulfide) groups is 1. The molecule has 0 aliphatic rings. The van der Waals surface area contributed by atoms with E-state index >= 15 is 0 Å². The fourth-order valence-corrected chi connectivity index (χ4v) is 4.95. The Kier molecular flexibility index (Phi) is 5.71. The van der Waals surface area contributed by atoms with Crippen LogP contribution in [0.15, 0.2) is 87.2 Å². The number of aromatic carboxylic acids is 1. The molecule has 1 heterocycles. The lowest BCUT2D eigenvalue weighted by Crippen LogP contribution is -2.13. The molecule has 2 N–H and O–H groups in total. The van der Waals surface area contributed by atoms with Crippen molar-refractivity contribution in [2.24, 2.45) is 0 Å². The number of rotatable bonds is 7. The molecule has 4 aromatic rings. The van der Waals surface area contributed by atoms with E-state index in [0.29, 0.717) is 21.6 Å². The monoisotopic (exact) mass is 457 g/mol. The van der Waals surface area contributed by atoms with Gasteiger partial charge in [-0.25, -0.2) is 9.18 Å². The van der Waals surface area contributed by atoms with Crippen LogP contribution in [0.3, 0.4) is 0 Å². The highest BCUT2D eigenvalue weighted by atomic mass is 32.2. The van der Waals surface area contributed by atoms with Crippen LogP contribution < -0.4 is 4.72 Å². The van der Waals surface area contributed by atoms with Gasteiger partial charge in [0, 0.05) is 22.1 Å². The summed E-state index contributed by atoms with van der Waals surface area (Å²) in [6.07, 6.45) is 0. The Balaban J connectivity index is 1.56. The second-order valence-corrected chi connectivity index (χ2v) is 9.27. The Morgan fingerprint density at radius 1 is 1.03 bits per heavy atom. The summed E-state index contributed by atoms with van der Waals surface area (Å²) >= 11 is 1.29. The molecular weight excluding hydrogens is 441 g/mol. The van der Waals surface area contributed by atoms with Crippen LogP contribution in [-0.2, 0) is 15.8 Å². The summed E-state index contributed by atoms with van der Waals surface area (Å²) in [6, 6.07) is 18.5. The highest BCUT2D eigenvalue weighted by molar-refractivity contribution is 7.98. The van der Waals surface area contributed by atoms with Crippen molar-refractivity contribution in [3.05, 3.63) is 89.7 Å². The number of carbonyl (C=O) groups is 1. The minimum atomic E-state index is -4.07. The molecule has 0 spiro atoms. The summed E-state index contributed by atoms with van der Waals surface area (Å²) in [6.45, 7) is 0. The Morgan fingerprint density at radius 3 is 2.48 bits per heavy atom. The van der Waals surface area contributed by atoms with E-state index in [-0.39, 0.29) is 16.3 Å². The SMILES string of the molecule is O=C(O)c1ccc(CSc2ccc(F)cc2NS(=O)(=O)c2cc3ccccc3o2)cc1. The molecule has 3 aromatic carbocycles. The molecule has 4 rings (SSSR count). The van der Waals surface area contributed by atoms with Gasteiger partial charge in [0.15, 0.2) is 0 Å². The Bertz CT molecular complexity index is 1330. The van der Waals surface area contributed by atoms with Crippen molar-refractivity contribution in [2.75, 3.05) is 4.72 Å². The summed E-state index contributed by atoms with van der Waals surface area (Å²) in [5, 5.41) is 9.36. The third-order valence-corrected chi connectivity index (χ3v) is 6.81. The quantitative estimate of drug-likeness (QED) is 0.363. The van der Waals surface area contributed by atoms with Gasteiger partial charge in [-0.15, -0.1) is 11.8 Å². The van der Waals surface area contributed by atoms with Gasteiger partial charge in [0.05, 0.1) is 11.3 Å². The van der Waals surface area contributed by atoms with Crippen LogP contribution in [0.1, 0.15) is 15.9 Å². The molecule has 6 nitrogen and oxygen atoms in total. The molecule has 0 saturated heterocycles. The predicted octanol–water partition coefficient (Wildman–Crippen LogP) is 5.36. The molecular formula is C22H16FNO5S2. The lowest BCUT2D eigenvalue weighted by Gasteiger charge is -2.11. The number of para-hydroxylation sites is 1. The standard InChI is InChI=1S/C22H16FNO5S2/c23-17-9-10-20(30-13-14-5-7-15(8-6-14)22(25)26)18(12-17)24-31(27,28)21-11-16-3-1-2-4-19(16)29-21/h1-12,24H,13H2,(H,25,26). The van der Waals surface area contributed by atoms with Crippen molar-refractivity contribution >= 4 is 44.4 Å². The van der Waals surface area contributed by atoms with Gasteiger partial charge in [-0.2, -0.15) is 8.42 Å². The van der Waals surface area contributed by atoms with E-state index in [0.717, 1.165) is 11.6 Å². The molecule has 0 bridgehead atoms. The zero-order valence-corrected chi connectivity index (χ0v) is 17.5. The van der Waals surface area contributed by atoms with E-state index in [2.05, 4.69) is 4.72 Å². The minimum Gasteiger partial charge on any atom is -0.478 e. The number of nitrogens with one attached hydrogen (secondary N) is 1. The van der Waals surface area contributed by atoms with Crippen molar-refractivity contribution in [3.63, 3.8) is 0 Å². The molecule has 9 heteroatoms. The first kappa shape index (κ1) is 21.0. The highest BCUT2D eigenvalue weighted by Gasteiger charge is 2.21. The van der Waals surface area contributed by atoms with Crippen LogP contribution in [-0.4, -0.2) is 19.5 Å². The first-order valence-electron chi connectivity index (χ1n) is 9.08. The van der Waals surface area contributed by atoms with Crippen molar-refractivity contribution in [2.45, 2.75) is 15.7 Å². The van der Waals surface area contributed by atoms with Gasteiger partial charge in [-0.3, -0.25) is 4.72 Å². The zero-order valence-electron chi connectivity index (χ0n) is 15.9. The van der Waals surface area contributed by atoms with Crippen LogP contribution in [0.2, 0.25) is 0 Å². The maximum atomic E-state index is 13.9. The van der Waals surface area contributed by atoms with E-state index < -0.39 is 21.8 Å². The molecule has 0 fully saturated rings. The van der Waals surface area contributed by atoms with E-state index in [4.69, 9.17) is 9.52 Å². The maximum Gasteiger partial charge on any atom is 0.335 e. The average Bonchev–Trinajstić information content (AvgIpc) is 3.19. The first-order chi connectivity index (χ1) is 14.8. The molecule has 0 unspecified atom stereocenters. The molecule has 0 amide bonds. The lowest BCUT2D eigenvalue weighted by atomic mass is 10.1. The van der Waals surface area contributed by atoms with Crippen LogP contribution >= 0.6 is 11.8 Å². The molecule has 0 atom stereocenters. The summed E-state index contributed by atoms with van der Waals surface area (Å²) in [7, 11) is -4.07. The smallest absolute Gasteiger partial charge is 0.335 e. The van der Waals surface area contributed by atoms with Gasteiger partial charge >= 0.3 is 5.97 Å². The summed E-state index contributed by atoms with van der Waals surface area (Å²) < 4.78 is 47.3. The number of furan rings is 1. The van der Waals surface area contributed by atoms with Gasteiger partial charge in [-0.05, 0) is 42.0 Å². The highest BCUT2D eigenvalue weighted by Crippen LogP contribution is 2.33. The number of anilines is 1. The number of carboxylic acids is 1. The van der Waals surface area contributed by atoms with Gasteiger partial charge < -0.3 is 9.52 Å². The van der Waals surface area contributed by atoms with Crippen LogP contribution in [0.5, 0.6) is 0 Å². The van der Waals surface area contributed by atoms with E-state index in [1.165, 1.54) is 42.1 Å². The fraction of sp³-hybridized carbons (Fsp3) is 0.0455. The summed E-state index contributed by atoms with van der Waals surface area (Å²) in [5.41, 5.74) is 1.54. The fourth-order valence-electron chi connectivity index (χ4n) is 2.90. The second-order valence-electron chi connectivity index (χ2n) is 6.64. The largest absolute Gasteiger partial charge is 0.478 e. The van der Waals surface area contributed by atoms with Crippen molar-refractivity contribution in [1.82, 2.24) is 0 Å². The van der Waals surface area contributed by atoms with E-state index in [1.807, 2.05) is 0 Å². The molecule has 0 saturated carbocycles.